The molecule has 0 atom stereocenters. The molecule has 0 spiro atoms. The number of ether oxygens (including phenoxy) is 1. The van der Waals surface area contributed by atoms with E-state index in [1.807, 2.05) is 0 Å². The first kappa shape index (κ1) is 15.8. The minimum atomic E-state index is -0.366. The second-order valence-electron chi connectivity index (χ2n) is 5.65. The number of fused-ring (bicyclic) bond motifs is 2. The van der Waals surface area contributed by atoms with Crippen molar-refractivity contribution in [3.05, 3.63) is 63.7 Å². The van der Waals surface area contributed by atoms with Crippen LogP contribution in [0.15, 0.2) is 30.3 Å². The Bertz CT molecular complexity index is 908. The first-order valence-corrected chi connectivity index (χ1v) is 7.35. The Morgan fingerprint density at radius 1 is 1.04 bits per heavy atom. The van der Waals surface area contributed by atoms with Crippen LogP contribution in [0.25, 0.3) is 0 Å². The molecular formula is C19H14O5. The van der Waals surface area contributed by atoms with Crippen molar-refractivity contribution >= 4 is 23.6 Å². The lowest BCUT2D eigenvalue weighted by molar-refractivity contribution is -0.116. The highest BCUT2D eigenvalue weighted by molar-refractivity contribution is 6.29. The summed E-state index contributed by atoms with van der Waals surface area (Å²) < 4.78 is 5.20. The predicted molar refractivity (Wildman–Crippen MR) is 86.1 cm³/mol. The summed E-state index contributed by atoms with van der Waals surface area (Å²) in [6, 6.07) is 7.71. The molecule has 0 heterocycles. The average molecular weight is 322 g/mol. The Labute approximate surface area is 138 Å². The Kier molecular flexibility index (Phi) is 3.85. The van der Waals surface area contributed by atoms with Crippen LogP contribution >= 0.6 is 0 Å². The van der Waals surface area contributed by atoms with Crippen LogP contribution in [0.2, 0.25) is 0 Å². The number of Topliss-reactive ketones (excluding diaryl/α,β-unsaturated/α-hetero) is 1. The first-order chi connectivity index (χ1) is 11.5. The second kappa shape index (κ2) is 5.85. The molecule has 0 saturated carbocycles. The summed E-state index contributed by atoms with van der Waals surface area (Å²) in [4.78, 5) is 48.0. The highest BCUT2D eigenvalue weighted by Gasteiger charge is 2.33. The van der Waals surface area contributed by atoms with Crippen molar-refractivity contribution in [2.45, 2.75) is 13.3 Å². The molecule has 0 unspecified atom stereocenters. The zero-order valence-corrected chi connectivity index (χ0v) is 13.2. The summed E-state index contributed by atoms with van der Waals surface area (Å²) in [7, 11) is 1.35. The molecule has 24 heavy (non-hydrogen) atoms. The Hall–Kier alpha value is -3.08. The van der Waals surface area contributed by atoms with Crippen molar-refractivity contribution in [1.29, 1.82) is 0 Å². The molecule has 0 fully saturated rings. The topological polar surface area (TPSA) is 77.5 Å². The maximum absolute atomic E-state index is 12.8. The van der Waals surface area contributed by atoms with E-state index in [2.05, 4.69) is 0 Å². The van der Waals surface area contributed by atoms with Gasteiger partial charge in [0.05, 0.1) is 18.2 Å². The van der Waals surface area contributed by atoms with Gasteiger partial charge in [0.25, 0.3) is 0 Å². The van der Waals surface area contributed by atoms with E-state index in [1.165, 1.54) is 26.2 Å². The summed E-state index contributed by atoms with van der Waals surface area (Å²) in [5, 5.41) is 0. The highest BCUT2D eigenvalue weighted by atomic mass is 16.5. The molecule has 0 N–H and O–H groups in total. The maximum Gasteiger partial charge on any atom is 0.198 e. The van der Waals surface area contributed by atoms with Crippen LogP contribution in [0.4, 0.5) is 0 Å². The quantitative estimate of drug-likeness (QED) is 0.689. The molecule has 0 aliphatic heterocycles. The van der Waals surface area contributed by atoms with E-state index in [1.54, 1.807) is 18.2 Å². The third-order valence-corrected chi connectivity index (χ3v) is 4.02. The van der Waals surface area contributed by atoms with Gasteiger partial charge in [0.1, 0.15) is 11.5 Å². The number of hydrogen-bond donors (Lipinski definition) is 0. The summed E-state index contributed by atoms with van der Waals surface area (Å²) in [5.41, 5.74) is 1.73. The van der Waals surface area contributed by atoms with Gasteiger partial charge < -0.3 is 4.74 Å². The van der Waals surface area contributed by atoms with Crippen LogP contribution in [0.3, 0.4) is 0 Å². The standard InChI is InChI=1S/C19H14O5/c1-10(21)7-11-3-5-13-15(8-11)17(22)14-6-4-12(9-20)19(24-2)16(14)18(13)23/h3-6,8-9H,7H2,1-2H3. The van der Waals surface area contributed by atoms with Gasteiger partial charge in [-0.2, -0.15) is 0 Å². The Morgan fingerprint density at radius 3 is 2.38 bits per heavy atom. The number of ketones is 3. The van der Waals surface area contributed by atoms with Crippen molar-refractivity contribution < 1.29 is 23.9 Å². The fraction of sp³-hybridized carbons (Fsp3) is 0.158. The molecule has 5 nitrogen and oxygen atoms in total. The molecule has 2 aromatic rings. The number of methoxy groups -OCH3 is 1. The van der Waals surface area contributed by atoms with Crippen molar-refractivity contribution in [3.8, 4) is 5.75 Å². The summed E-state index contributed by atoms with van der Waals surface area (Å²) >= 11 is 0. The largest absolute Gasteiger partial charge is 0.495 e. The van der Waals surface area contributed by atoms with Crippen LogP contribution in [0, 0.1) is 0 Å². The zero-order valence-electron chi connectivity index (χ0n) is 13.2. The monoisotopic (exact) mass is 322 g/mol. The number of carbonyl (C=O) groups is 4. The molecule has 0 radical (unpaired) electrons. The molecule has 120 valence electrons. The fourth-order valence-corrected chi connectivity index (χ4v) is 2.98. The molecule has 0 aromatic heterocycles. The predicted octanol–water partition coefficient (Wildman–Crippen LogP) is 2.41. The Morgan fingerprint density at radius 2 is 1.75 bits per heavy atom. The van der Waals surface area contributed by atoms with Crippen molar-refractivity contribution in [2.75, 3.05) is 7.11 Å². The van der Waals surface area contributed by atoms with Gasteiger partial charge >= 0.3 is 0 Å². The molecule has 2 aromatic carbocycles. The minimum absolute atomic E-state index is 0.0257. The van der Waals surface area contributed by atoms with E-state index in [4.69, 9.17) is 4.74 Å². The highest BCUT2D eigenvalue weighted by Crippen LogP contribution is 2.35. The van der Waals surface area contributed by atoms with Crippen LogP contribution < -0.4 is 4.74 Å². The number of rotatable bonds is 4. The number of hydrogen-bond acceptors (Lipinski definition) is 5. The van der Waals surface area contributed by atoms with E-state index >= 15 is 0 Å². The molecule has 3 rings (SSSR count). The van der Waals surface area contributed by atoms with E-state index in [-0.39, 0.29) is 57.3 Å². The van der Waals surface area contributed by atoms with Crippen molar-refractivity contribution in [2.24, 2.45) is 0 Å². The van der Waals surface area contributed by atoms with Gasteiger partial charge in [-0.15, -0.1) is 0 Å². The van der Waals surface area contributed by atoms with Crippen LogP contribution in [0.5, 0.6) is 5.75 Å². The van der Waals surface area contributed by atoms with Gasteiger partial charge in [-0.25, -0.2) is 0 Å². The molecule has 0 saturated heterocycles. The van der Waals surface area contributed by atoms with E-state index in [0.29, 0.717) is 11.8 Å². The Balaban J connectivity index is 2.21. The summed E-state index contributed by atoms with van der Waals surface area (Å²) in [6.07, 6.45) is 0.789. The minimum Gasteiger partial charge on any atom is -0.495 e. The average Bonchev–Trinajstić information content (AvgIpc) is 2.57. The second-order valence-corrected chi connectivity index (χ2v) is 5.65. The maximum atomic E-state index is 12.8. The molecule has 1 aliphatic carbocycles. The van der Waals surface area contributed by atoms with E-state index in [0.717, 1.165) is 0 Å². The first-order valence-electron chi connectivity index (χ1n) is 7.35. The fourth-order valence-electron chi connectivity index (χ4n) is 2.98. The lowest BCUT2D eigenvalue weighted by Crippen LogP contribution is -2.22. The molecule has 5 heteroatoms. The summed E-state index contributed by atoms with van der Waals surface area (Å²) in [5.74, 6) is -0.600. The van der Waals surface area contributed by atoms with Gasteiger partial charge in [0, 0.05) is 23.1 Å². The van der Waals surface area contributed by atoms with E-state index in [9.17, 15) is 19.2 Å². The van der Waals surface area contributed by atoms with Crippen molar-refractivity contribution in [3.63, 3.8) is 0 Å². The van der Waals surface area contributed by atoms with Crippen molar-refractivity contribution in [1.82, 2.24) is 0 Å². The number of aldehydes is 1. The van der Waals surface area contributed by atoms with Gasteiger partial charge in [-0.3, -0.25) is 19.2 Å². The molecule has 1 aliphatic rings. The lowest BCUT2D eigenvalue weighted by Gasteiger charge is -2.21. The molecule has 0 amide bonds. The lowest BCUT2D eigenvalue weighted by atomic mass is 9.81. The molecule has 0 bridgehead atoms. The normalized spacial score (nSPS) is 12.4. The summed E-state index contributed by atoms with van der Waals surface area (Å²) in [6.45, 7) is 1.47. The third kappa shape index (κ3) is 2.34. The van der Waals surface area contributed by atoms with Crippen LogP contribution in [0.1, 0.15) is 54.7 Å². The van der Waals surface area contributed by atoms with Crippen LogP contribution in [-0.2, 0) is 11.2 Å². The third-order valence-electron chi connectivity index (χ3n) is 4.02. The number of carbonyl (C=O) groups excluding carboxylic acids is 4. The van der Waals surface area contributed by atoms with Gasteiger partial charge in [0.15, 0.2) is 17.9 Å². The van der Waals surface area contributed by atoms with Gasteiger partial charge in [-0.1, -0.05) is 6.07 Å². The van der Waals surface area contributed by atoms with Crippen LogP contribution in [-0.4, -0.2) is 30.7 Å². The number of benzene rings is 2. The zero-order chi connectivity index (χ0) is 17.4. The SMILES string of the molecule is COc1c(C=O)ccc2c1C(=O)c1ccc(CC(C)=O)cc1C2=O. The molecular weight excluding hydrogens is 308 g/mol. The van der Waals surface area contributed by atoms with Gasteiger partial charge in [-0.05, 0) is 36.8 Å². The smallest absolute Gasteiger partial charge is 0.198 e. The van der Waals surface area contributed by atoms with Gasteiger partial charge in [0.2, 0.25) is 0 Å². The van der Waals surface area contributed by atoms with E-state index < -0.39 is 0 Å².